The lowest BCUT2D eigenvalue weighted by Gasteiger charge is -2.09. The maximum absolute atomic E-state index is 12.4. The second-order valence-corrected chi connectivity index (χ2v) is 4.42. The lowest BCUT2D eigenvalue weighted by atomic mass is 10.4. The summed E-state index contributed by atoms with van der Waals surface area (Å²) in [6.45, 7) is 3.60. The number of hydrogen-bond acceptors (Lipinski definition) is 3. The number of hydrogen-bond donors (Lipinski definition) is 1. The van der Waals surface area contributed by atoms with Gasteiger partial charge >= 0.3 is 5.97 Å². The lowest BCUT2D eigenvalue weighted by Crippen LogP contribution is -2.06. The summed E-state index contributed by atoms with van der Waals surface area (Å²) in [6, 6.07) is 1.15. The van der Waals surface area contributed by atoms with Crippen LogP contribution in [0.5, 0.6) is 0 Å². The van der Waals surface area contributed by atoms with Crippen LogP contribution in [0.4, 0.5) is 8.78 Å². The maximum atomic E-state index is 12.4. The van der Waals surface area contributed by atoms with E-state index in [0.29, 0.717) is 5.03 Å². The Hall–Kier alpha value is -1.11. The van der Waals surface area contributed by atoms with Crippen LogP contribution in [-0.4, -0.2) is 26.6 Å². The zero-order chi connectivity index (χ0) is 12.3. The first-order chi connectivity index (χ1) is 7.41. The molecule has 0 spiro atoms. The van der Waals surface area contributed by atoms with Crippen molar-refractivity contribution in [1.82, 2.24) is 9.78 Å². The number of thioether (sulfide) groups is 1. The molecule has 0 aliphatic rings. The van der Waals surface area contributed by atoms with Crippen molar-refractivity contribution in [2.75, 3.05) is 5.75 Å². The summed E-state index contributed by atoms with van der Waals surface area (Å²) in [7, 11) is 0. The second kappa shape index (κ2) is 5.29. The minimum atomic E-state index is -2.64. The first-order valence-electron chi connectivity index (χ1n) is 4.64. The van der Waals surface area contributed by atoms with E-state index in [1.54, 1.807) is 13.8 Å². The quantitative estimate of drug-likeness (QED) is 0.816. The van der Waals surface area contributed by atoms with Gasteiger partial charge in [-0.25, -0.2) is 8.78 Å². The molecule has 1 N–H and O–H groups in total. The summed E-state index contributed by atoms with van der Waals surface area (Å²) in [6.07, 6.45) is -2.64. The van der Waals surface area contributed by atoms with Gasteiger partial charge in [-0.05, 0) is 19.9 Å². The van der Waals surface area contributed by atoms with Crippen molar-refractivity contribution in [2.24, 2.45) is 0 Å². The Morgan fingerprint density at radius 1 is 1.62 bits per heavy atom. The van der Waals surface area contributed by atoms with Gasteiger partial charge in [0.15, 0.2) is 0 Å². The van der Waals surface area contributed by atoms with E-state index < -0.39 is 12.4 Å². The van der Waals surface area contributed by atoms with E-state index in [1.165, 1.54) is 10.7 Å². The normalized spacial score (nSPS) is 11.4. The Balaban J connectivity index is 2.91. The molecule has 7 heteroatoms. The highest BCUT2D eigenvalue weighted by Gasteiger charge is 2.17. The predicted octanol–water partition coefficient (Wildman–Crippen LogP) is 2.58. The highest BCUT2D eigenvalue weighted by atomic mass is 32.2. The fourth-order valence-corrected chi connectivity index (χ4v) is 1.97. The summed E-state index contributed by atoms with van der Waals surface area (Å²) in [5.74, 6) is -1.15. The van der Waals surface area contributed by atoms with Gasteiger partial charge < -0.3 is 5.11 Å². The predicted molar refractivity (Wildman–Crippen MR) is 55.9 cm³/mol. The van der Waals surface area contributed by atoms with Crippen LogP contribution in [0.1, 0.15) is 32.0 Å². The number of aromatic nitrogens is 2. The number of nitrogens with zero attached hydrogens (tertiary/aromatic N) is 2. The molecule has 1 heterocycles. The SMILES string of the molecule is CC(C)n1nc(C(F)F)cc1SCC(=O)O. The first-order valence-corrected chi connectivity index (χ1v) is 5.62. The fraction of sp³-hybridized carbons (Fsp3) is 0.556. The number of carboxylic acids is 1. The van der Waals surface area contributed by atoms with Crippen molar-refractivity contribution >= 4 is 17.7 Å². The third kappa shape index (κ3) is 3.19. The third-order valence-corrected chi connectivity index (χ3v) is 2.77. The molecule has 0 atom stereocenters. The standard InChI is InChI=1S/C9H12F2N2O2S/c1-5(2)13-7(16-4-8(14)15)3-6(12-13)9(10)11/h3,5,9H,4H2,1-2H3,(H,14,15). The summed E-state index contributed by atoms with van der Waals surface area (Å²) in [5.41, 5.74) is -0.318. The Kier molecular flexibility index (Phi) is 4.28. The van der Waals surface area contributed by atoms with E-state index in [-0.39, 0.29) is 17.5 Å². The molecule has 0 saturated carbocycles. The molecule has 1 aromatic rings. The van der Waals surface area contributed by atoms with E-state index in [9.17, 15) is 13.6 Å². The molecular weight excluding hydrogens is 238 g/mol. The van der Waals surface area contributed by atoms with Crippen LogP contribution in [0.25, 0.3) is 0 Å². The van der Waals surface area contributed by atoms with Gasteiger partial charge in [0.1, 0.15) is 5.69 Å². The van der Waals surface area contributed by atoms with E-state index in [4.69, 9.17) is 5.11 Å². The first kappa shape index (κ1) is 13.0. The van der Waals surface area contributed by atoms with Gasteiger partial charge in [-0.1, -0.05) is 11.8 Å². The largest absolute Gasteiger partial charge is 0.481 e. The molecule has 0 unspecified atom stereocenters. The van der Waals surface area contributed by atoms with Crippen LogP contribution in [-0.2, 0) is 4.79 Å². The van der Waals surface area contributed by atoms with Gasteiger partial charge in [0.25, 0.3) is 6.43 Å². The molecule has 0 saturated heterocycles. The average Bonchev–Trinajstić information content (AvgIpc) is 2.58. The molecule has 0 aliphatic heterocycles. The van der Waals surface area contributed by atoms with Gasteiger partial charge in [0.2, 0.25) is 0 Å². The molecule has 0 bridgehead atoms. The molecule has 90 valence electrons. The van der Waals surface area contributed by atoms with Gasteiger partial charge in [-0.15, -0.1) is 0 Å². The molecule has 1 rings (SSSR count). The topological polar surface area (TPSA) is 55.1 Å². The van der Waals surface area contributed by atoms with Crippen molar-refractivity contribution in [1.29, 1.82) is 0 Å². The summed E-state index contributed by atoms with van der Waals surface area (Å²) in [4.78, 5) is 10.4. The zero-order valence-electron chi connectivity index (χ0n) is 8.85. The number of rotatable bonds is 5. The highest BCUT2D eigenvalue weighted by molar-refractivity contribution is 7.99. The number of carboxylic acid groups (broad SMARTS) is 1. The minimum Gasteiger partial charge on any atom is -0.481 e. The zero-order valence-corrected chi connectivity index (χ0v) is 9.67. The smallest absolute Gasteiger partial charge is 0.313 e. The molecule has 4 nitrogen and oxygen atoms in total. The Morgan fingerprint density at radius 2 is 2.25 bits per heavy atom. The summed E-state index contributed by atoms with van der Waals surface area (Å²) >= 11 is 0.989. The number of alkyl halides is 2. The maximum Gasteiger partial charge on any atom is 0.313 e. The van der Waals surface area contributed by atoms with Crippen molar-refractivity contribution in [3.05, 3.63) is 11.8 Å². The molecule has 1 aromatic heterocycles. The molecule has 0 aromatic carbocycles. The Morgan fingerprint density at radius 3 is 2.69 bits per heavy atom. The third-order valence-electron chi connectivity index (χ3n) is 1.78. The molecule has 0 aliphatic carbocycles. The minimum absolute atomic E-state index is 0.0798. The van der Waals surface area contributed by atoms with Gasteiger partial charge in [0.05, 0.1) is 10.8 Å². The summed E-state index contributed by atoms with van der Waals surface area (Å²) < 4.78 is 26.3. The van der Waals surface area contributed by atoms with Gasteiger partial charge in [-0.2, -0.15) is 5.10 Å². The molecule has 16 heavy (non-hydrogen) atoms. The second-order valence-electron chi connectivity index (χ2n) is 3.43. The van der Waals surface area contributed by atoms with Crippen LogP contribution in [0.15, 0.2) is 11.1 Å². The van der Waals surface area contributed by atoms with Gasteiger partial charge in [-0.3, -0.25) is 9.48 Å². The number of halogens is 2. The summed E-state index contributed by atoms with van der Waals surface area (Å²) in [5, 5.41) is 12.7. The Labute approximate surface area is 95.6 Å². The number of aliphatic carboxylic acids is 1. The van der Waals surface area contributed by atoms with E-state index in [2.05, 4.69) is 5.10 Å². The monoisotopic (exact) mass is 250 g/mol. The molecular formula is C9H12F2N2O2S. The van der Waals surface area contributed by atoms with Crippen LogP contribution in [0.2, 0.25) is 0 Å². The molecule has 0 amide bonds. The Bertz CT molecular complexity index is 380. The van der Waals surface area contributed by atoms with Crippen molar-refractivity contribution < 1.29 is 18.7 Å². The van der Waals surface area contributed by atoms with Crippen molar-refractivity contribution in [2.45, 2.75) is 31.3 Å². The van der Waals surface area contributed by atoms with Crippen LogP contribution in [0.3, 0.4) is 0 Å². The van der Waals surface area contributed by atoms with Crippen LogP contribution >= 0.6 is 11.8 Å². The van der Waals surface area contributed by atoms with Crippen LogP contribution in [0, 0.1) is 0 Å². The van der Waals surface area contributed by atoms with Gasteiger partial charge in [0, 0.05) is 6.04 Å². The van der Waals surface area contributed by atoms with E-state index in [1.807, 2.05) is 0 Å². The fourth-order valence-electron chi connectivity index (χ4n) is 1.12. The van der Waals surface area contributed by atoms with E-state index in [0.717, 1.165) is 11.8 Å². The molecule has 0 fully saturated rings. The average molecular weight is 250 g/mol. The number of carbonyl (C=O) groups is 1. The van der Waals surface area contributed by atoms with Crippen LogP contribution < -0.4 is 0 Å². The lowest BCUT2D eigenvalue weighted by molar-refractivity contribution is -0.133. The van der Waals surface area contributed by atoms with Crippen molar-refractivity contribution in [3.63, 3.8) is 0 Å². The van der Waals surface area contributed by atoms with Crippen molar-refractivity contribution in [3.8, 4) is 0 Å². The highest BCUT2D eigenvalue weighted by Crippen LogP contribution is 2.27. The molecule has 0 radical (unpaired) electrons. The van der Waals surface area contributed by atoms with E-state index >= 15 is 0 Å².